The highest BCUT2D eigenvalue weighted by Gasteiger charge is 2.09. The zero-order chi connectivity index (χ0) is 14.1. The number of carbonyl (C=O) groups excluding carboxylic acids is 1. The van der Waals surface area contributed by atoms with Crippen LogP contribution in [0.3, 0.4) is 0 Å². The van der Waals surface area contributed by atoms with Gasteiger partial charge in [0.25, 0.3) is 0 Å². The topological polar surface area (TPSA) is 66.5 Å². The summed E-state index contributed by atoms with van der Waals surface area (Å²) in [6.45, 7) is 2.09. The number of pyridine rings is 1. The molecule has 1 rings (SSSR count). The highest BCUT2D eigenvalue weighted by molar-refractivity contribution is 5.77. The van der Waals surface area contributed by atoms with Crippen molar-refractivity contribution in [1.82, 2.24) is 15.2 Å². The number of carbonyl (C=O) groups is 1. The number of hydrogen-bond donors (Lipinski definition) is 2. The van der Waals surface area contributed by atoms with Crippen molar-refractivity contribution in [2.24, 2.45) is 0 Å². The lowest BCUT2D eigenvalue weighted by molar-refractivity contribution is -0.122. The molecule has 0 aliphatic carbocycles. The fourth-order valence-electron chi connectivity index (χ4n) is 1.73. The first-order chi connectivity index (χ1) is 9.17. The molecule has 1 heterocycles. The summed E-state index contributed by atoms with van der Waals surface area (Å²) in [5, 5.41) is 5.83. The molecule has 0 aliphatic rings. The SMILES string of the molecule is CNc1ncccc1CN(C)CC(=O)NCCOC. The predicted octanol–water partition coefficient (Wildman–Crippen LogP) is 0.318. The summed E-state index contributed by atoms with van der Waals surface area (Å²) >= 11 is 0. The van der Waals surface area contributed by atoms with E-state index in [1.54, 1.807) is 13.3 Å². The lowest BCUT2D eigenvalue weighted by Crippen LogP contribution is -2.36. The molecule has 0 aliphatic heterocycles. The Kier molecular flexibility index (Phi) is 6.84. The van der Waals surface area contributed by atoms with E-state index < -0.39 is 0 Å². The normalized spacial score (nSPS) is 10.5. The van der Waals surface area contributed by atoms with Crippen molar-refractivity contribution in [2.45, 2.75) is 6.54 Å². The standard InChI is InChI=1S/C13H22N4O2/c1-14-13-11(5-4-6-16-13)9-17(2)10-12(18)15-7-8-19-3/h4-6H,7-10H2,1-3H3,(H,14,16)(H,15,18). The highest BCUT2D eigenvalue weighted by atomic mass is 16.5. The number of nitrogens with zero attached hydrogens (tertiary/aromatic N) is 2. The minimum atomic E-state index is -0.00514. The Morgan fingerprint density at radius 3 is 3.00 bits per heavy atom. The van der Waals surface area contributed by atoms with E-state index in [1.807, 2.05) is 31.1 Å². The van der Waals surface area contributed by atoms with Crippen LogP contribution in [0.1, 0.15) is 5.56 Å². The van der Waals surface area contributed by atoms with E-state index in [2.05, 4.69) is 15.6 Å². The van der Waals surface area contributed by atoms with Crippen molar-refractivity contribution in [1.29, 1.82) is 0 Å². The first-order valence-corrected chi connectivity index (χ1v) is 6.23. The number of ether oxygens (including phenoxy) is 1. The van der Waals surface area contributed by atoms with Gasteiger partial charge in [-0.3, -0.25) is 9.69 Å². The van der Waals surface area contributed by atoms with Gasteiger partial charge in [0.15, 0.2) is 0 Å². The number of rotatable bonds is 8. The monoisotopic (exact) mass is 266 g/mol. The van der Waals surface area contributed by atoms with Crippen LogP contribution < -0.4 is 10.6 Å². The summed E-state index contributed by atoms with van der Waals surface area (Å²) in [5.74, 6) is 0.837. The number of hydrogen-bond acceptors (Lipinski definition) is 5. The van der Waals surface area contributed by atoms with Crippen LogP contribution in [-0.4, -0.2) is 56.7 Å². The van der Waals surface area contributed by atoms with Gasteiger partial charge >= 0.3 is 0 Å². The summed E-state index contributed by atoms with van der Waals surface area (Å²) < 4.78 is 4.88. The third kappa shape index (κ3) is 5.67. The third-order valence-electron chi connectivity index (χ3n) is 2.61. The molecule has 0 saturated carbocycles. The molecular formula is C13H22N4O2. The van der Waals surface area contributed by atoms with Crippen LogP contribution in [0.25, 0.3) is 0 Å². The number of methoxy groups -OCH3 is 1. The molecule has 1 aromatic heterocycles. The van der Waals surface area contributed by atoms with Crippen molar-refractivity contribution in [2.75, 3.05) is 46.2 Å². The average molecular weight is 266 g/mol. The van der Waals surface area contributed by atoms with E-state index in [0.29, 0.717) is 26.2 Å². The molecule has 6 heteroatoms. The molecule has 2 N–H and O–H groups in total. The van der Waals surface area contributed by atoms with Crippen LogP contribution in [0.15, 0.2) is 18.3 Å². The van der Waals surface area contributed by atoms with Crippen LogP contribution in [0, 0.1) is 0 Å². The number of amides is 1. The average Bonchev–Trinajstić information content (AvgIpc) is 2.39. The molecule has 0 fully saturated rings. The van der Waals surface area contributed by atoms with Crippen molar-refractivity contribution in [3.8, 4) is 0 Å². The molecule has 0 unspecified atom stereocenters. The molecule has 106 valence electrons. The molecular weight excluding hydrogens is 244 g/mol. The maximum atomic E-state index is 11.6. The Bertz CT molecular complexity index is 398. The first kappa shape index (κ1) is 15.4. The molecule has 0 radical (unpaired) electrons. The molecule has 6 nitrogen and oxygen atoms in total. The van der Waals surface area contributed by atoms with Crippen LogP contribution >= 0.6 is 0 Å². The molecule has 0 spiro atoms. The molecule has 0 atom stereocenters. The van der Waals surface area contributed by atoms with Crippen LogP contribution in [0.2, 0.25) is 0 Å². The van der Waals surface area contributed by atoms with Crippen molar-refractivity contribution >= 4 is 11.7 Å². The van der Waals surface area contributed by atoms with E-state index in [9.17, 15) is 4.79 Å². The minimum Gasteiger partial charge on any atom is -0.383 e. The Morgan fingerprint density at radius 2 is 2.32 bits per heavy atom. The van der Waals surface area contributed by atoms with Crippen LogP contribution in [0.4, 0.5) is 5.82 Å². The summed E-state index contributed by atoms with van der Waals surface area (Å²) in [6, 6.07) is 3.89. The Morgan fingerprint density at radius 1 is 1.53 bits per heavy atom. The fraction of sp³-hybridized carbons (Fsp3) is 0.538. The van der Waals surface area contributed by atoms with Gasteiger partial charge in [0, 0.05) is 39.0 Å². The largest absolute Gasteiger partial charge is 0.383 e. The lowest BCUT2D eigenvalue weighted by Gasteiger charge is -2.17. The molecule has 0 saturated heterocycles. The van der Waals surface area contributed by atoms with Gasteiger partial charge in [0.2, 0.25) is 5.91 Å². The number of anilines is 1. The van der Waals surface area contributed by atoms with Gasteiger partial charge in [-0.15, -0.1) is 0 Å². The summed E-state index contributed by atoms with van der Waals surface area (Å²) in [4.78, 5) is 17.8. The van der Waals surface area contributed by atoms with Gasteiger partial charge in [-0.2, -0.15) is 0 Å². The second kappa shape index (κ2) is 8.44. The van der Waals surface area contributed by atoms with Crippen molar-refractivity contribution in [3.63, 3.8) is 0 Å². The van der Waals surface area contributed by atoms with Crippen LogP contribution in [0.5, 0.6) is 0 Å². The van der Waals surface area contributed by atoms with E-state index in [1.165, 1.54) is 0 Å². The molecule has 0 aromatic carbocycles. The Balaban J connectivity index is 2.42. The maximum Gasteiger partial charge on any atom is 0.234 e. The predicted molar refractivity (Wildman–Crippen MR) is 75.0 cm³/mol. The van der Waals surface area contributed by atoms with E-state index in [4.69, 9.17) is 4.74 Å². The second-order valence-electron chi connectivity index (χ2n) is 4.28. The molecule has 1 aromatic rings. The quantitative estimate of drug-likeness (QED) is 0.663. The smallest absolute Gasteiger partial charge is 0.234 e. The lowest BCUT2D eigenvalue weighted by atomic mass is 10.2. The van der Waals surface area contributed by atoms with Crippen molar-refractivity contribution in [3.05, 3.63) is 23.9 Å². The van der Waals surface area contributed by atoms with E-state index in [-0.39, 0.29) is 5.91 Å². The zero-order valence-corrected chi connectivity index (χ0v) is 11.8. The molecule has 19 heavy (non-hydrogen) atoms. The van der Waals surface area contributed by atoms with Gasteiger partial charge in [0.1, 0.15) is 5.82 Å². The van der Waals surface area contributed by atoms with Crippen molar-refractivity contribution < 1.29 is 9.53 Å². The van der Waals surface area contributed by atoms with Crippen LogP contribution in [-0.2, 0) is 16.1 Å². The summed E-state index contributed by atoms with van der Waals surface area (Å²) in [7, 11) is 5.35. The fourth-order valence-corrected chi connectivity index (χ4v) is 1.73. The maximum absolute atomic E-state index is 11.6. The Labute approximate surface area is 114 Å². The molecule has 1 amide bonds. The first-order valence-electron chi connectivity index (χ1n) is 6.23. The third-order valence-corrected chi connectivity index (χ3v) is 2.61. The molecule has 0 bridgehead atoms. The highest BCUT2D eigenvalue weighted by Crippen LogP contribution is 2.12. The Hall–Kier alpha value is -1.66. The minimum absolute atomic E-state index is 0.00514. The summed E-state index contributed by atoms with van der Waals surface area (Å²) in [5.41, 5.74) is 1.07. The number of likely N-dealkylation sites (N-methyl/N-ethyl adjacent to an activating group) is 1. The van der Waals surface area contributed by atoms with E-state index in [0.717, 1.165) is 11.4 Å². The van der Waals surface area contributed by atoms with Gasteiger partial charge in [-0.1, -0.05) is 6.07 Å². The van der Waals surface area contributed by atoms with Gasteiger partial charge in [-0.05, 0) is 13.1 Å². The van der Waals surface area contributed by atoms with E-state index >= 15 is 0 Å². The van der Waals surface area contributed by atoms with Gasteiger partial charge < -0.3 is 15.4 Å². The summed E-state index contributed by atoms with van der Waals surface area (Å²) in [6.07, 6.45) is 1.74. The van der Waals surface area contributed by atoms with Gasteiger partial charge in [0.05, 0.1) is 13.2 Å². The zero-order valence-electron chi connectivity index (χ0n) is 11.8. The second-order valence-corrected chi connectivity index (χ2v) is 4.28. The van der Waals surface area contributed by atoms with Gasteiger partial charge in [-0.25, -0.2) is 4.98 Å². The number of aromatic nitrogens is 1. The number of nitrogens with one attached hydrogen (secondary N) is 2.